The average Bonchev–Trinajstić information content (AvgIpc) is 3.49. The number of hydrogen-bond donors (Lipinski definition) is 2. The van der Waals surface area contributed by atoms with Crippen LogP contribution in [-0.4, -0.2) is 41.0 Å². The normalized spacial score (nSPS) is 17.7. The molecule has 4 aromatic rings. The summed E-state index contributed by atoms with van der Waals surface area (Å²) in [5, 5.41) is 18.0. The van der Waals surface area contributed by atoms with Crippen molar-refractivity contribution in [1.29, 1.82) is 0 Å². The molecule has 172 valence electrons. The van der Waals surface area contributed by atoms with Crippen molar-refractivity contribution in [2.75, 3.05) is 5.73 Å². The molecule has 34 heavy (non-hydrogen) atoms. The quantitative estimate of drug-likeness (QED) is 0.450. The Hall–Kier alpha value is -4.14. The first kappa shape index (κ1) is 21.7. The Morgan fingerprint density at radius 3 is 2.71 bits per heavy atom. The predicted molar refractivity (Wildman–Crippen MR) is 127 cm³/mol. The zero-order valence-electron chi connectivity index (χ0n) is 18.8. The minimum atomic E-state index is -0.746. The van der Waals surface area contributed by atoms with Gasteiger partial charge in [0.15, 0.2) is 0 Å². The van der Waals surface area contributed by atoms with Crippen LogP contribution in [0.3, 0.4) is 0 Å². The number of rotatable bonds is 6. The number of anilines is 1. The molecule has 3 N–H and O–H groups in total. The fourth-order valence-corrected chi connectivity index (χ4v) is 4.61. The van der Waals surface area contributed by atoms with Gasteiger partial charge in [0.1, 0.15) is 5.69 Å². The van der Waals surface area contributed by atoms with Gasteiger partial charge in [-0.3, -0.25) is 9.78 Å². The molecular formula is C25H25N7O2. The van der Waals surface area contributed by atoms with Gasteiger partial charge in [0.05, 0.1) is 35.7 Å². The van der Waals surface area contributed by atoms with Gasteiger partial charge >= 0.3 is 5.97 Å². The summed E-state index contributed by atoms with van der Waals surface area (Å²) in [6, 6.07) is 15.6. The van der Waals surface area contributed by atoms with Crippen molar-refractivity contribution in [2.24, 2.45) is 5.92 Å². The molecule has 2 atom stereocenters. The highest BCUT2D eigenvalue weighted by molar-refractivity contribution is 5.71. The molecule has 0 amide bonds. The van der Waals surface area contributed by atoms with E-state index in [2.05, 4.69) is 20.3 Å². The van der Waals surface area contributed by atoms with Gasteiger partial charge in [0, 0.05) is 17.2 Å². The molecule has 0 aliphatic heterocycles. The highest BCUT2D eigenvalue weighted by Crippen LogP contribution is 2.39. The second-order valence-corrected chi connectivity index (χ2v) is 8.70. The number of carboxylic acid groups (broad SMARTS) is 1. The first-order valence-corrected chi connectivity index (χ1v) is 11.3. The van der Waals surface area contributed by atoms with E-state index in [0.717, 1.165) is 41.1 Å². The van der Waals surface area contributed by atoms with E-state index in [1.165, 1.54) is 0 Å². The third-order valence-corrected chi connectivity index (χ3v) is 6.22. The molecule has 3 aromatic heterocycles. The summed E-state index contributed by atoms with van der Waals surface area (Å²) in [6.07, 6.45) is 4.25. The van der Waals surface area contributed by atoms with Gasteiger partial charge in [-0.05, 0) is 44.0 Å². The Morgan fingerprint density at radius 2 is 1.88 bits per heavy atom. The van der Waals surface area contributed by atoms with E-state index in [0.29, 0.717) is 24.4 Å². The summed E-state index contributed by atoms with van der Waals surface area (Å²) in [6.45, 7) is 2.44. The lowest BCUT2D eigenvalue weighted by Crippen LogP contribution is -2.18. The smallest absolute Gasteiger partial charge is 0.307 e. The number of carbonyl (C=O) groups is 1. The number of aliphatic carboxylic acids is 1. The van der Waals surface area contributed by atoms with Crippen LogP contribution in [0.4, 0.5) is 5.95 Å². The van der Waals surface area contributed by atoms with E-state index in [1.807, 2.05) is 55.5 Å². The number of aryl methyl sites for hydroxylation is 1. The Balaban J connectivity index is 1.38. The highest BCUT2D eigenvalue weighted by Gasteiger charge is 2.34. The van der Waals surface area contributed by atoms with Crippen LogP contribution in [0, 0.1) is 12.8 Å². The third-order valence-electron chi connectivity index (χ3n) is 6.22. The summed E-state index contributed by atoms with van der Waals surface area (Å²) in [5.74, 6) is -0.994. The third kappa shape index (κ3) is 4.50. The Kier molecular flexibility index (Phi) is 5.75. The monoisotopic (exact) mass is 455 g/mol. The molecule has 1 aromatic carbocycles. The lowest BCUT2D eigenvalue weighted by Gasteiger charge is -2.15. The molecule has 5 rings (SSSR count). The van der Waals surface area contributed by atoms with Crippen LogP contribution in [0.5, 0.6) is 0 Å². The predicted octanol–water partition coefficient (Wildman–Crippen LogP) is 3.70. The molecule has 0 saturated heterocycles. The first-order valence-electron chi connectivity index (χ1n) is 11.3. The van der Waals surface area contributed by atoms with Crippen molar-refractivity contribution < 1.29 is 9.90 Å². The average molecular weight is 456 g/mol. The van der Waals surface area contributed by atoms with Crippen LogP contribution in [0.15, 0.2) is 54.7 Å². The molecule has 1 fully saturated rings. The van der Waals surface area contributed by atoms with Crippen LogP contribution in [0.2, 0.25) is 0 Å². The molecular weight excluding hydrogens is 430 g/mol. The molecule has 1 saturated carbocycles. The molecule has 3 heterocycles. The lowest BCUT2D eigenvalue weighted by molar-refractivity contribution is -0.142. The van der Waals surface area contributed by atoms with E-state index in [1.54, 1.807) is 10.9 Å². The number of nitrogens with two attached hydrogens (primary N) is 1. The van der Waals surface area contributed by atoms with Gasteiger partial charge in [0.2, 0.25) is 5.95 Å². The summed E-state index contributed by atoms with van der Waals surface area (Å²) in [4.78, 5) is 25.0. The Labute approximate surface area is 196 Å². The first-order chi connectivity index (χ1) is 16.5. The number of nitrogen functional groups attached to an aromatic ring is 1. The Bertz CT molecular complexity index is 1350. The minimum Gasteiger partial charge on any atom is -0.481 e. The molecule has 0 radical (unpaired) electrons. The van der Waals surface area contributed by atoms with Crippen molar-refractivity contribution in [2.45, 2.75) is 38.6 Å². The SMILES string of the molecule is Cc1cccc(-c2cc(-c3cn(Cc4cccc([C@H]5CCC[C@H]5C(=O)O)n4)nn3)nc(N)n2)c1. The van der Waals surface area contributed by atoms with Gasteiger partial charge in [-0.1, -0.05) is 41.5 Å². The van der Waals surface area contributed by atoms with Crippen molar-refractivity contribution in [3.8, 4) is 22.6 Å². The summed E-state index contributed by atoms with van der Waals surface area (Å²) in [7, 11) is 0. The van der Waals surface area contributed by atoms with Gasteiger partial charge in [-0.2, -0.15) is 0 Å². The zero-order chi connectivity index (χ0) is 23.7. The summed E-state index contributed by atoms with van der Waals surface area (Å²) in [5.41, 5.74) is 11.6. The van der Waals surface area contributed by atoms with Crippen molar-refractivity contribution in [3.05, 3.63) is 71.7 Å². The molecule has 1 aliphatic carbocycles. The lowest BCUT2D eigenvalue weighted by atomic mass is 9.92. The maximum absolute atomic E-state index is 11.6. The van der Waals surface area contributed by atoms with E-state index in [9.17, 15) is 9.90 Å². The van der Waals surface area contributed by atoms with Crippen LogP contribution >= 0.6 is 0 Å². The van der Waals surface area contributed by atoms with Gasteiger partial charge in [0.25, 0.3) is 0 Å². The second-order valence-electron chi connectivity index (χ2n) is 8.70. The van der Waals surface area contributed by atoms with Gasteiger partial charge < -0.3 is 10.8 Å². The van der Waals surface area contributed by atoms with E-state index >= 15 is 0 Å². The maximum Gasteiger partial charge on any atom is 0.307 e. The topological polar surface area (TPSA) is 133 Å². The summed E-state index contributed by atoms with van der Waals surface area (Å²) < 4.78 is 1.69. The van der Waals surface area contributed by atoms with Gasteiger partial charge in [-0.25, -0.2) is 14.6 Å². The van der Waals surface area contributed by atoms with Crippen LogP contribution in [0.25, 0.3) is 22.6 Å². The van der Waals surface area contributed by atoms with Crippen molar-refractivity contribution in [1.82, 2.24) is 29.9 Å². The van der Waals surface area contributed by atoms with E-state index in [4.69, 9.17) is 10.7 Å². The fourth-order valence-electron chi connectivity index (χ4n) is 4.61. The van der Waals surface area contributed by atoms with Crippen LogP contribution in [0.1, 0.15) is 42.1 Å². The molecule has 0 unspecified atom stereocenters. The largest absolute Gasteiger partial charge is 0.481 e. The van der Waals surface area contributed by atoms with Crippen molar-refractivity contribution in [3.63, 3.8) is 0 Å². The maximum atomic E-state index is 11.6. The highest BCUT2D eigenvalue weighted by atomic mass is 16.4. The fraction of sp³-hybridized carbons (Fsp3) is 0.280. The van der Waals surface area contributed by atoms with Crippen LogP contribution < -0.4 is 5.73 Å². The Morgan fingerprint density at radius 1 is 1.06 bits per heavy atom. The molecule has 9 nitrogen and oxygen atoms in total. The number of nitrogens with zero attached hydrogens (tertiary/aromatic N) is 6. The van der Waals surface area contributed by atoms with E-state index in [-0.39, 0.29) is 17.8 Å². The molecule has 1 aliphatic rings. The van der Waals surface area contributed by atoms with Crippen molar-refractivity contribution >= 4 is 11.9 Å². The van der Waals surface area contributed by atoms with E-state index < -0.39 is 5.97 Å². The molecule has 0 bridgehead atoms. The number of benzene rings is 1. The van der Waals surface area contributed by atoms with Gasteiger partial charge in [-0.15, -0.1) is 5.10 Å². The zero-order valence-corrected chi connectivity index (χ0v) is 18.8. The minimum absolute atomic E-state index is 0.0483. The van der Waals surface area contributed by atoms with Crippen LogP contribution in [-0.2, 0) is 11.3 Å². The summed E-state index contributed by atoms with van der Waals surface area (Å²) >= 11 is 0. The standard InChI is InChI=1S/C25H25N7O2/c1-15-5-2-6-16(11-15)21-12-22(29-25(26)28-21)23-14-32(31-30-23)13-17-7-3-10-20(27-17)18-8-4-9-19(18)24(33)34/h2-3,5-7,10-12,14,18-19H,4,8-9,13H2,1H3,(H,33,34)(H2,26,28,29)/t18-,19+/m0/s1. The molecule has 9 heteroatoms. The number of pyridine rings is 1. The molecule has 0 spiro atoms. The number of aromatic nitrogens is 6. The number of hydrogen-bond acceptors (Lipinski definition) is 7. The second kappa shape index (κ2) is 9.01. The number of carboxylic acids is 1.